The number of amidine groups is 1. The Bertz CT molecular complexity index is 918. The van der Waals surface area contributed by atoms with Gasteiger partial charge in [-0.2, -0.15) is 0 Å². The summed E-state index contributed by atoms with van der Waals surface area (Å²) in [5, 5.41) is 0.570. The third-order valence-electron chi connectivity index (χ3n) is 4.04. The maximum Gasteiger partial charge on any atom is 0.264 e. The molecule has 1 heterocycles. The minimum Gasteiger partial charge on any atom is -0.268 e. The zero-order valence-electron chi connectivity index (χ0n) is 13.9. The molecule has 130 valence electrons. The van der Waals surface area contributed by atoms with E-state index >= 15 is 0 Å². The predicted octanol–water partition coefficient (Wildman–Crippen LogP) is 4.04. The molecule has 0 fully saturated rings. The van der Waals surface area contributed by atoms with Crippen LogP contribution in [-0.4, -0.2) is 20.8 Å². The van der Waals surface area contributed by atoms with Gasteiger partial charge in [-0.25, -0.2) is 8.42 Å². The van der Waals surface area contributed by atoms with Crippen molar-refractivity contribution in [3.05, 3.63) is 76.3 Å². The standard InChI is InChI=1S/C19H19ClN2O2S/c1-14-18(16-9-11-17(20)12-10-16)25(23,24)22-19(14)21-13-5-8-15-6-3-2-4-7-15/h2-4,6-7,9-12H,5,8,13H2,1H3,(H,21,22). The van der Waals surface area contributed by atoms with Crippen molar-refractivity contribution in [2.24, 2.45) is 4.99 Å². The molecule has 0 aliphatic carbocycles. The lowest BCUT2D eigenvalue weighted by molar-refractivity contribution is 0.603. The highest BCUT2D eigenvalue weighted by Gasteiger charge is 2.32. The van der Waals surface area contributed by atoms with Crippen molar-refractivity contribution < 1.29 is 8.42 Å². The van der Waals surface area contributed by atoms with Crippen LogP contribution in [0.4, 0.5) is 0 Å². The minimum atomic E-state index is -3.58. The molecule has 0 saturated heterocycles. The summed E-state index contributed by atoms with van der Waals surface area (Å²) in [5.41, 5.74) is 2.51. The first-order chi connectivity index (χ1) is 12.0. The van der Waals surface area contributed by atoms with Crippen LogP contribution in [0.25, 0.3) is 4.91 Å². The summed E-state index contributed by atoms with van der Waals surface area (Å²) < 4.78 is 27.4. The van der Waals surface area contributed by atoms with Crippen molar-refractivity contribution in [2.75, 3.05) is 6.54 Å². The molecule has 1 N–H and O–H groups in total. The monoisotopic (exact) mass is 374 g/mol. The van der Waals surface area contributed by atoms with Crippen LogP contribution in [0, 0.1) is 0 Å². The number of halogens is 1. The van der Waals surface area contributed by atoms with Gasteiger partial charge in [-0.3, -0.25) is 9.71 Å². The number of rotatable bonds is 5. The lowest BCUT2D eigenvalue weighted by Gasteiger charge is -2.03. The van der Waals surface area contributed by atoms with E-state index in [4.69, 9.17) is 11.6 Å². The molecule has 0 spiro atoms. The van der Waals surface area contributed by atoms with Gasteiger partial charge in [0, 0.05) is 17.1 Å². The fourth-order valence-electron chi connectivity index (χ4n) is 2.81. The smallest absolute Gasteiger partial charge is 0.264 e. The maximum absolute atomic E-state index is 12.4. The number of nitrogens with one attached hydrogen (secondary N) is 1. The van der Waals surface area contributed by atoms with E-state index in [1.807, 2.05) is 18.2 Å². The van der Waals surface area contributed by atoms with Gasteiger partial charge in [0.1, 0.15) is 10.7 Å². The summed E-state index contributed by atoms with van der Waals surface area (Å²) in [6.07, 6.45) is 1.77. The molecule has 0 aromatic heterocycles. The lowest BCUT2D eigenvalue weighted by Crippen LogP contribution is -2.23. The largest absolute Gasteiger partial charge is 0.268 e. The van der Waals surface area contributed by atoms with Gasteiger partial charge < -0.3 is 0 Å². The number of hydrogen-bond donors (Lipinski definition) is 1. The van der Waals surface area contributed by atoms with Crippen LogP contribution in [-0.2, 0) is 16.4 Å². The Balaban J connectivity index is 1.75. The number of aliphatic imine (C=N–C) groups is 1. The van der Waals surface area contributed by atoms with Crippen LogP contribution in [0.15, 0.2) is 65.2 Å². The number of aryl methyl sites for hydroxylation is 1. The van der Waals surface area contributed by atoms with Crippen molar-refractivity contribution in [2.45, 2.75) is 19.8 Å². The third kappa shape index (κ3) is 4.11. The number of benzene rings is 2. The quantitative estimate of drug-likeness (QED) is 0.803. The average Bonchev–Trinajstić information content (AvgIpc) is 2.82. The van der Waals surface area contributed by atoms with Gasteiger partial charge in [-0.05, 0) is 43.0 Å². The van der Waals surface area contributed by atoms with Gasteiger partial charge in [0.15, 0.2) is 0 Å². The van der Waals surface area contributed by atoms with E-state index in [0.29, 0.717) is 28.5 Å². The van der Waals surface area contributed by atoms with E-state index in [1.165, 1.54) is 5.56 Å². The highest BCUT2D eigenvalue weighted by molar-refractivity contribution is 8.00. The first kappa shape index (κ1) is 17.7. The topological polar surface area (TPSA) is 58.5 Å². The van der Waals surface area contributed by atoms with E-state index in [9.17, 15) is 8.42 Å². The van der Waals surface area contributed by atoms with Crippen molar-refractivity contribution in [3.63, 3.8) is 0 Å². The third-order valence-corrected chi connectivity index (χ3v) is 5.83. The van der Waals surface area contributed by atoms with E-state index in [1.54, 1.807) is 31.2 Å². The van der Waals surface area contributed by atoms with Crippen molar-refractivity contribution in [1.29, 1.82) is 0 Å². The lowest BCUT2D eigenvalue weighted by atomic mass is 10.1. The Morgan fingerprint density at radius 3 is 2.40 bits per heavy atom. The van der Waals surface area contributed by atoms with E-state index in [0.717, 1.165) is 12.8 Å². The minimum absolute atomic E-state index is 0.269. The highest BCUT2D eigenvalue weighted by Crippen LogP contribution is 2.30. The second-order valence-corrected chi connectivity index (χ2v) is 7.94. The molecule has 4 nitrogen and oxygen atoms in total. The van der Waals surface area contributed by atoms with Gasteiger partial charge in [0.05, 0.1) is 0 Å². The molecule has 25 heavy (non-hydrogen) atoms. The SMILES string of the molecule is CC1=C(c2ccc(Cl)cc2)S(=O)(=O)NC1=NCCCc1ccccc1. The first-order valence-electron chi connectivity index (χ1n) is 8.06. The summed E-state index contributed by atoms with van der Waals surface area (Å²) in [6.45, 7) is 2.34. The first-order valence-corrected chi connectivity index (χ1v) is 9.92. The van der Waals surface area contributed by atoms with E-state index in [2.05, 4.69) is 21.8 Å². The zero-order chi connectivity index (χ0) is 17.9. The Labute approximate surface area is 153 Å². The molecule has 6 heteroatoms. The molecule has 1 aliphatic rings. The Morgan fingerprint density at radius 1 is 1.04 bits per heavy atom. The van der Waals surface area contributed by atoms with Gasteiger partial charge in [0.2, 0.25) is 0 Å². The van der Waals surface area contributed by atoms with Crippen molar-refractivity contribution >= 4 is 32.4 Å². The molecule has 2 aromatic carbocycles. The number of sulfonamides is 1. The van der Waals surface area contributed by atoms with Gasteiger partial charge >= 0.3 is 0 Å². The summed E-state index contributed by atoms with van der Waals surface area (Å²) in [4.78, 5) is 4.72. The average molecular weight is 375 g/mol. The fourth-order valence-corrected chi connectivity index (χ4v) is 4.45. The Kier molecular flexibility index (Phi) is 5.25. The van der Waals surface area contributed by atoms with Crippen LogP contribution in [0.5, 0.6) is 0 Å². The van der Waals surface area contributed by atoms with Gasteiger partial charge in [0.25, 0.3) is 10.0 Å². The molecule has 3 rings (SSSR count). The summed E-state index contributed by atoms with van der Waals surface area (Å²) in [5.74, 6) is 0.429. The molecule has 1 aliphatic heterocycles. The summed E-state index contributed by atoms with van der Waals surface area (Å²) >= 11 is 5.88. The van der Waals surface area contributed by atoms with E-state index in [-0.39, 0.29) is 4.91 Å². The Hall–Kier alpha value is -2.11. The molecule has 0 bridgehead atoms. The van der Waals surface area contributed by atoms with Crippen LogP contribution in [0.3, 0.4) is 0 Å². The second kappa shape index (κ2) is 7.42. The maximum atomic E-state index is 12.4. The molecule has 0 saturated carbocycles. The van der Waals surface area contributed by atoms with Crippen molar-refractivity contribution in [1.82, 2.24) is 4.72 Å². The molecule has 0 amide bonds. The van der Waals surface area contributed by atoms with Crippen molar-refractivity contribution in [3.8, 4) is 0 Å². The summed E-state index contributed by atoms with van der Waals surface area (Å²) in [7, 11) is -3.58. The summed E-state index contributed by atoms with van der Waals surface area (Å²) in [6, 6.07) is 16.9. The normalized spacial score (nSPS) is 17.8. The molecule has 0 radical (unpaired) electrons. The van der Waals surface area contributed by atoms with Crippen LogP contribution in [0.1, 0.15) is 24.5 Å². The molecular formula is C19H19ClN2O2S. The fraction of sp³-hybridized carbons (Fsp3) is 0.211. The number of hydrogen-bond acceptors (Lipinski definition) is 3. The van der Waals surface area contributed by atoms with E-state index < -0.39 is 10.0 Å². The molecular weight excluding hydrogens is 356 g/mol. The Morgan fingerprint density at radius 2 is 1.72 bits per heavy atom. The number of nitrogens with zero attached hydrogens (tertiary/aromatic N) is 1. The molecule has 0 unspecified atom stereocenters. The second-order valence-electron chi connectivity index (χ2n) is 5.89. The molecule has 0 atom stereocenters. The van der Waals surface area contributed by atoms with Gasteiger partial charge in [-0.15, -0.1) is 0 Å². The highest BCUT2D eigenvalue weighted by atomic mass is 35.5. The van der Waals surface area contributed by atoms with Crippen LogP contribution >= 0.6 is 11.6 Å². The zero-order valence-corrected chi connectivity index (χ0v) is 15.4. The van der Waals surface area contributed by atoms with Crippen LogP contribution < -0.4 is 4.72 Å². The predicted molar refractivity (Wildman–Crippen MR) is 103 cm³/mol. The molecule has 2 aromatic rings. The van der Waals surface area contributed by atoms with Crippen LogP contribution in [0.2, 0.25) is 5.02 Å². The van der Waals surface area contributed by atoms with Gasteiger partial charge in [-0.1, -0.05) is 54.1 Å².